The fourth-order valence-electron chi connectivity index (χ4n) is 1.93. The van der Waals surface area contributed by atoms with Crippen LogP contribution in [0.25, 0.3) is 4.96 Å². The fourth-order valence-corrected chi connectivity index (χ4v) is 2.65. The van der Waals surface area contributed by atoms with Gasteiger partial charge in [0.2, 0.25) is 5.91 Å². The normalized spacial score (nSPS) is 10.7. The zero-order chi connectivity index (χ0) is 13.9. The van der Waals surface area contributed by atoms with Crippen molar-refractivity contribution in [3.8, 4) is 5.75 Å². The third-order valence-corrected chi connectivity index (χ3v) is 3.61. The zero-order valence-corrected chi connectivity index (χ0v) is 11.7. The van der Waals surface area contributed by atoms with Crippen molar-refractivity contribution in [2.75, 3.05) is 12.4 Å². The Morgan fingerprint density at radius 3 is 3.20 bits per heavy atom. The van der Waals surface area contributed by atoms with Gasteiger partial charge in [-0.15, -0.1) is 11.3 Å². The van der Waals surface area contributed by atoms with Crippen molar-refractivity contribution in [3.63, 3.8) is 0 Å². The van der Waals surface area contributed by atoms with Crippen molar-refractivity contribution < 1.29 is 9.53 Å². The molecule has 5 nitrogen and oxygen atoms in total. The highest BCUT2D eigenvalue weighted by Crippen LogP contribution is 2.17. The second-order valence-corrected chi connectivity index (χ2v) is 5.16. The summed E-state index contributed by atoms with van der Waals surface area (Å²) in [6, 6.07) is 7.27. The van der Waals surface area contributed by atoms with Crippen LogP contribution >= 0.6 is 11.3 Å². The van der Waals surface area contributed by atoms with E-state index in [2.05, 4.69) is 10.3 Å². The van der Waals surface area contributed by atoms with E-state index in [0.29, 0.717) is 5.75 Å². The minimum Gasteiger partial charge on any atom is -0.497 e. The number of nitrogens with one attached hydrogen (secondary N) is 1. The number of carbonyl (C=O) groups excluding carboxylic acids is 1. The van der Waals surface area contributed by atoms with Crippen LogP contribution in [0.3, 0.4) is 0 Å². The summed E-state index contributed by atoms with van der Waals surface area (Å²) >= 11 is 1.55. The number of rotatable bonds is 4. The van der Waals surface area contributed by atoms with Crippen LogP contribution in [0.1, 0.15) is 5.69 Å². The molecule has 0 saturated carbocycles. The van der Waals surface area contributed by atoms with Crippen LogP contribution in [-0.4, -0.2) is 22.4 Å². The molecular formula is C14H13N3O2S. The van der Waals surface area contributed by atoms with Crippen LogP contribution in [0.2, 0.25) is 0 Å². The van der Waals surface area contributed by atoms with Gasteiger partial charge < -0.3 is 10.1 Å². The lowest BCUT2D eigenvalue weighted by Crippen LogP contribution is -2.14. The number of aromatic nitrogens is 2. The van der Waals surface area contributed by atoms with E-state index in [1.165, 1.54) is 0 Å². The maximum absolute atomic E-state index is 12.0. The number of amides is 1. The molecule has 0 spiro atoms. The lowest BCUT2D eigenvalue weighted by atomic mass is 10.2. The molecule has 0 atom stereocenters. The van der Waals surface area contributed by atoms with E-state index in [1.807, 2.05) is 40.4 Å². The molecule has 0 bridgehead atoms. The Balaban J connectivity index is 1.68. The quantitative estimate of drug-likeness (QED) is 0.802. The number of hydrogen-bond acceptors (Lipinski definition) is 4. The number of methoxy groups -OCH3 is 1. The zero-order valence-electron chi connectivity index (χ0n) is 10.9. The van der Waals surface area contributed by atoms with Gasteiger partial charge >= 0.3 is 0 Å². The highest BCUT2D eigenvalue weighted by Gasteiger charge is 2.09. The number of carbonyl (C=O) groups is 1. The highest BCUT2D eigenvalue weighted by molar-refractivity contribution is 7.15. The Hall–Kier alpha value is -2.34. The molecule has 0 aliphatic carbocycles. The minimum atomic E-state index is -0.0935. The van der Waals surface area contributed by atoms with Gasteiger partial charge in [-0.25, -0.2) is 4.98 Å². The number of nitrogens with zero attached hydrogens (tertiary/aromatic N) is 2. The second-order valence-electron chi connectivity index (χ2n) is 4.28. The van der Waals surface area contributed by atoms with Crippen molar-refractivity contribution in [1.82, 2.24) is 9.38 Å². The van der Waals surface area contributed by atoms with E-state index in [4.69, 9.17) is 4.74 Å². The molecule has 6 heteroatoms. The molecular weight excluding hydrogens is 274 g/mol. The molecule has 0 fully saturated rings. The molecule has 0 radical (unpaired) electrons. The standard InChI is InChI=1S/C14H13N3O2S/c1-19-12-4-2-3-10(7-12)15-13(18)8-11-9-17-5-6-20-14(17)16-11/h2-7,9H,8H2,1H3,(H,15,18). The van der Waals surface area contributed by atoms with E-state index < -0.39 is 0 Å². The van der Waals surface area contributed by atoms with Crippen LogP contribution in [-0.2, 0) is 11.2 Å². The Labute approximate surface area is 119 Å². The van der Waals surface area contributed by atoms with Gasteiger partial charge in [0.1, 0.15) is 5.75 Å². The predicted molar refractivity (Wildman–Crippen MR) is 78.4 cm³/mol. The fraction of sp³-hybridized carbons (Fsp3) is 0.143. The lowest BCUT2D eigenvalue weighted by Gasteiger charge is -2.05. The van der Waals surface area contributed by atoms with Crippen molar-refractivity contribution in [3.05, 3.63) is 47.7 Å². The maximum atomic E-state index is 12.0. The van der Waals surface area contributed by atoms with Gasteiger partial charge in [0.15, 0.2) is 4.96 Å². The summed E-state index contributed by atoms with van der Waals surface area (Å²) < 4.78 is 7.03. The monoisotopic (exact) mass is 287 g/mol. The Kier molecular flexibility index (Phi) is 3.39. The van der Waals surface area contributed by atoms with E-state index in [9.17, 15) is 4.79 Å². The predicted octanol–water partition coefficient (Wildman–Crippen LogP) is 2.59. The average molecular weight is 287 g/mol. The number of anilines is 1. The van der Waals surface area contributed by atoms with Gasteiger partial charge in [0.25, 0.3) is 0 Å². The molecule has 1 amide bonds. The summed E-state index contributed by atoms with van der Waals surface area (Å²) in [5, 5.41) is 4.80. The molecule has 0 saturated heterocycles. The van der Waals surface area contributed by atoms with Gasteiger partial charge in [-0.2, -0.15) is 0 Å². The molecule has 1 N–H and O–H groups in total. The molecule has 2 aromatic heterocycles. The number of thiazole rings is 1. The summed E-state index contributed by atoms with van der Waals surface area (Å²) in [5.41, 5.74) is 1.48. The van der Waals surface area contributed by atoms with E-state index >= 15 is 0 Å². The minimum absolute atomic E-state index is 0.0935. The maximum Gasteiger partial charge on any atom is 0.230 e. The topological polar surface area (TPSA) is 55.6 Å². The summed E-state index contributed by atoms with van der Waals surface area (Å²) in [6.45, 7) is 0. The van der Waals surface area contributed by atoms with Crippen molar-refractivity contribution in [2.45, 2.75) is 6.42 Å². The molecule has 0 aliphatic rings. The van der Waals surface area contributed by atoms with Gasteiger partial charge in [-0.3, -0.25) is 9.20 Å². The number of hydrogen-bond donors (Lipinski definition) is 1. The molecule has 2 heterocycles. The van der Waals surface area contributed by atoms with Crippen LogP contribution in [0.15, 0.2) is 42.0 Å². The first-order valence-corrected chi connectivity index (χ1v) is 6.97. The first kappa shape index (κ1) is 12.7. The van der Waals surface area contributed by atoms with E-state index in [1.54, 1.807) is 24.5 Å². The number of benzene rings is 1. The largest absolute Gasteiger partial charge is 0.497 e. The molecule has 3 aromatic rings. The summed E-state index contributed by atoms with van der Waals surface area (Å²) in [7, 11) is 1.60. The number of fused-ring (bicyclic) bond motifs is 1. The SMILES string of the molecule is COc1cccc(NC(=O)Cc2cn3ccsc3n2)c1. The first-order valence-electron chi connectivity index (χ1n) is 6.09. The van der Waals surface area contributed by atoms with E-state index in [-0.39, 0.29) is 12.3 Å². The Morgan fingerprint density at radius 1 is 1.50 bits per heavy atom. The average Bonchev–Trinajstić information content (AvgIpc) is 2.99. The van der Waals surface area contributed by atoms with Crippen LogP contribution in [0.4, 0.5) is 5.69 Å². The van der Waals surface area contributed by atoms with Crippen LogP contribution in [0.5, 0.6) is 5.75 Å². The van der Waals surface area contributed by atoms with Crippen molar-refractivity contribution in [2.24, 2.45) is 0 Å². The number of ether oxygens (including phenoxy) is 1. The van der Waals surface area contributed by atoms with Gasteiger partial charge in [0.05, 0.1) is 19.2 Å². The van der Waals surface area contributed by atoms with E-state index in [0.717, 1.165) is 16.3 Å². The first-order chi connectivity index (χ1) is 9.74. The van der Waals surface area contributed by atoms with Crippen LogP contribution in [0, 0.1) is 0 Å². The molecule has 3 rings (SSSR count). The third kappa shape index (κ3) is 2.65. The molecule has 102 valence electrons. The second kappa shape index (κ2) is 5.34. The van der Waals surface area contributed by atoms with Crippen LogP contribution < -0.4 is 10.1 Å². The summed E-state index contributed by atoms with van der Waals surface area (Å²) in [6.07, 6.45) is 4.05. The molecule has 1 aromatic carbocycles. The molecule has 0 unspecified atom stereocenters. The Bertz CT molecular complexity index is 719. The summed E-state index contributed by atoms with van der Waals surface area (Å²) in [5.74, 6) is 0.620. The number of imidazole rings is 1. The van der Waals surface area contributed by atoms with Crippen molar-refractivity contribution in [1.29, 1.82) is 0 Å². The summed E-state index contributed by atoms with van der Waals surface area (Å²) in [4.78, 5) is 17.3. The lowest BCUT2D eigenvalue weighted by molar-refractivity contribution is -0.115. The van der Waals surface area contributed by atoms with Gasteiger partial charge in [-0.05, 0) is 12.1 Å². The third-order valence-electron chi connectivity index (χ3n) is 2.84. The molecule has 0 aliphatic heterocycles. The van der Waals surface area contributed by atoms with Gasteiger partial charge in [-0.1, -0.05) is 6.07 Å². The molecule has 20 heavy (non-hydrogen) atoms. The van der Waals surface area contributed by atoms with Gasteiger partial charge in [0, 0.05) is 29.5 Å². The highest BCUT2D eigenvalue weighted by atomic mass is 32.1. The Morgan fingerprint density at radius 2 is 2.40 bits per heavy atom. The smallest absolute Gasteiger partial charge is 0.230 e. The van der Waals surface area contributed by atoms with Crippen molar-refractivity contribution >= 4 is 27.9 Å².